The molecular formula is C18H15BrN4O2. The Balaban J connectivity index is 1.85. The summed E-state index contributed by atoms with van der Waals surface area (Å²) in [6.45, 7) is 4.53. The van der Waals surface area contributed by atoms with Crippen molar-refractivity contribution in [3.8, 4) is 5.69 Å². The summed E-state index contributed by atoms with van der Waals surface area (Å²) in [5.74, 6) is 0. The highest BCUT2D eigenvalue weighted by Crippen LogP contribution is 2.47. The van der Waals surface area contributed by atoms with Crippen LogP contribution in [0.25, 0.3) is 16.9 Å². The first-order chi connectivity index (χ1) is 12.0. The third kappa shape index (κ3) is 1.99. The molecule has 6 nitrogen and oxygen atoms in total. The number of benzene rings is 1. The molecule has 0 saturated carbocycles. The van der Waals surface area contributed by atoms with Crippen LogP contribution in [-0.2, 0) is 16.8 Å². The number of pyridine rings is 1. The Kier molecular flexibility index (Phi) is 2.87. The van der Waals surface area contributed by atoms with Gasteiger partial charge in [-0.3, -0.25) is 9.47 Å². The Bertz CT molecular complexity index is 1060. The number of hydrogen-bond acceptors (Lipinski definition) is 4. The van der Waals surface area contributed by atoms with E-state index in [0.717, 1.165) is 39.1 Å². The molecule has 126 valence electrons. The van der Waals surface area contributed by atoms with Crippen LogP contribution in [0.15, 0.2) is 35.2 Å². The zero-order chi connectivity index (χ0) is 17.3. The van der Waals surface area contributed by atoms with Gasteiger partial charge in [-0.2, -0.15) is 0 Å². The van der Waals surface area contributed by atoms with Gasteiger partial charge in [-0.05, 0) is 60.0 Å². The smallest absolute Gasteiger partial charge is 0.415 e. The molecule has 25 heavy (non-hydrogen) atoms. The number of aromatic nitrogens is 3. The van der Waals surface area contributed by atoms with Gasteiger partial charge in [0.2, 0.25) is 0 Å². The molecule has 2 aliphatic rings. The molecule has 0 unspecified atom stereocenters. The maximum atomic E-state index is 12.4. The second-order valence-electron chi connectivity index (χ2n) is 6.84. The number of rotatable bonds is 1. The molecule has 0 aliphatic carbocycles. The van der Waals surface area contributed by atoms with Gasteiger partial charge in [-0.25, -0.2) is 14.8 Å². The van der Waals surface area contributed by atoms with Crippen molar-refractivity contribution in [3.05, 3.63) is 46.3 Å². The monoisotopic (exact) mass is 398 g/mol. The van der Waals surface area contributed by atoms with Crippen LogP contribution in [0.1, 0.15) is 25.0 Å². The van der Waals surface area contributed by atoms with Crippen molar-refractivity contribution in [3.63, 3.8) is 0 Å². The van der Waals surface area contributed by atoms with Gasteiger partial charge in [0.25, 0.3) is 0 Å². The van der Waals surface area contributed by atoms with E-state index in [9.17, 15) is 4.79 Å². The molecule has 0 N–H and O–H groups in total. The number of halogens is 1. The Morgan fingerprint density at radius 3 is 2.92 bits per heavy atom. The van der Waals surface area contributed by atoms with E-state index in [0.29, 0.717) is 6.54 Å². The van der Waals surface area contributed by atoms with Gasteiger partial charge in [0.05, 0.1) is 11.4 Å². The number of nitrogens with zero attached hydrogens (tertiary/aromatic N) is 4. The normalized spacial score (nSPS) is 17.7. The highest BCUT2D eigenvalue weighted by atomic mass is 79.9. The predicted molar refractivity (Wildman–Crippen MR) is 97.1 cm³/mol. The van der Waals surface area contributed by atoms with E-state index in [2.05, 4.69) is 38.0 Å². The lowest BCUT2D eigenvalue weighted by Crippen LogP contribution is -2.42. The molecule has 0 saturated heterocycles. The van der Waals surface area contributed by atoms with Crippen LogP contribution in [0.4, 0.5) is 10.5 Å². The van der Waals surface area contributed by atoms with Crippen LogP contribution < -0.4 is 4.90 Å². The number of amides is 1. The van der Waals surface area contributed by atoms with Gasteiger partial charge in [0.15, 0.2) is 5.65 Å². The lowest BCUT2D eigenvalue weighted by Gasteiger charge is -2.38. The SMILES string of the molecule is CC1(C)OC(=O)N2CCc3ccc(-n4cnc5ccc(Br)nc54)c1c32. The van der Waals surface area contributed by atoms with E-state index in [1.807, 2.05) is 30.5 Å². The van der Waals surface area contributed by atoms with Crippen molar-refractivity contribution in [1.82, 2.24) is 14.5 Å². The van der Waals surface area contributed by atoms with Gasteiger partial charge in [0, 0.05) is 12.1 Å². The molecule has 4 heterocycles. The van der Waals surface area contributed by atoms with Gasteiger partial charge in [-0.1, -0.05) is 6.07 Å². The maximum Gasteiger partial charge on any atom is 0.415 e. The fourth-order valence-electron chi connectivity index (χ4n) is 3.83. The molecule has 0 atom stereocenters. The van der Waals surface area contributed by atoms with Crippen molar-refractivity contribution < 1.29 is 9.53 Å². The zero-order valence-corrected chi connectivity index (χ0v) is 15.4. The molecule has 1 aromatic carbocycles. The number of imidazole rings is 1. The van der Waals surface area contributed by atoms with Crippen molar-refractivity contribution in [1.29, 1.82) is 0 Å². The second-order valence-corrected chi connectivity index (χ2v) is 7.65. The molecule has 0 radical (unpaired) electrons. The lowest BCUT2D eigenvalue weighted by molar-refractivity contribution is 0.0358. The van der Waals surface area contributed by atoms with Crippen molar-refractivity contribution in [2.45, 2.75) is 25.9 Å². The molecule has 7 heteroatoms. The van der Waals surface area contributed by atoms with Gasteiger partial charge in [-0.15, -0.1) is 0 Å². The van der Waals surface area contributed by atoms with E-state index in [4.69, 9.17) is 4.74 Å². The van der Waals surface area contributed by atoms with Crippen molar-refractivity contribution in [2.24, 2.45) is 0 Å². The summed E-state index contributed by atoms with van der Waals surface area (Å²) in [6, 6.07) is 7.97. The summed E-state index contributed by atoms with van der Waals surface area (Å²) >= 11 is 3.43. The van der Waals surface area contributed by atoms with Gasteiger partial charge >= 0.3 is 6.09 Å². The summed E-state index contributed by atoms with van der Waals surface area (Å²) in [5.41, 5.74) is 4.97. The van der Waals surface area contributed by atoms with Crippen molar-refractivity contribution >= 4 is 38.9 Å². The summed E-state index contributed by atoms with van der Waals surface area (Å²) in [6.07, 6.45) is 2.35. The Morgan fingerprint density at radius 1 is 1.24 bits per heavy atom. The van der Waals surface area contributed by atoms with E-state index in [1.165, 1.54) is 5.56 Å². The third-order valence-electron chi connectivity index (χ3n) is 4.90. The fourth-order valence-corrected chi connectivity index (χ4v) is 4.13. The van der Waals surface area contributed by atoms with E-state index in [1.54, 1.807) is 11.2 Å². The van der Waals surface area contributed by atoms with Crippen LogP contribution in [0.2, 0.25) is 0 Å². The lowest BCUT2D eigenvalue weighted by atomic mass is 9.90. The summed E-state index contributed by atoms with van der Waals surface area (Å²) in [5, 5.41) is 0. The first kappa shape index (κ1) is 14.9. The zero-order valence-electron chi connectivity index (χ0n) is 13.8. The quantitative estimate of drug-likeness (QED) is 0.582. The molecule has 0 fully saturated rings. The molecule has 2 aromatic heterocycles. The first-order valence-corrected chi connectivity index (χ1v) is 8.92. The maximum absolute atomic E-state index is 12.4. The van der Waals surface area contributed by atoms with E-state index >= 15 is 0 Å². The van der Waals surface area contributed by atoms with Crippen LogP contribution in [0.5, 0.6) is 0 Å². The number of carbonyl (C=O) groups excluding carboxylic acids is 1. The standard InChI is InChI=1S/C18H15BrN4O2/c1-18(2)14-12(23-9-20-11-4-6-13(19)21-16(11)23)5-3-10-7-8-22(15(10)14)17(24)25-18/h3-6,9H,7-8H2,1-2H3. The third-order valence-corrected chi connectivity index (χ3v) is 5.34. The topological polar surface area (TPSA) is 60.2 Å². The van der Waals surface area contributed by atoms with Crippen LogP contribution in [-0.4, -0.2) is 27.2 Å². The predicted octanol–water partition coefficient (Wildman–Crippen LogP) is 3.93. The Labute approximate surface area is 152 Å². The molecular weight excluding hydrogens is 384 g/mol. The Hall–Kier alpha value is -2.41. The summed E-state index contributed by atoms with van der Waals surface area (Å²) in [7, 11) is 0. The number of fused-ring (bicyclic) bond motifs is 1. The highest BCUT2D eigenvalue weighted by molar-refractivity contribution is 9.10. The molecule has 0 bridgehead atoms. The number of anilines is 1. The van der Waals surface area contributed by atoms with Crippen LogP contribution >= 0.6 is 15.9 Å². The minimum absolute atomic E-state index is 0.273. The minimum Gasteiger partial charge on any atom is -0.438 e. The first-order valence-electron chi connectivity index (χ1n) is 8.12. The van der Waals surface area contributed by atoms with Crippen molar-refractivity contribution in [2.75, 3.05) is 11.4 Å². The van der Waals surface area contributed by atoms with Gasteiger partial charge in [0.1, 0.15) is 22.0 Å². The molecule has 1 amide bonds. The average Bonchev–Trinajstić information content (AvgIpc) is 3.15. The number of carbonyl (C=O) groups is 1. The number of ether oxygens (including phenoxy) is 1. The number of hydrogen-bond donors (Lipinski definition) is 0. The van der Waals surface area contributed by atoms with E-state index in [-0.39, 0.29) is 6.09 Å². The second kappa shape index (κ2) is 4.82. The van der Waals surface area contributed by atoms with E-state index < -0.39 is 5.60 Å². The average molecular weight is 399 g/mol. The Morgan fingerprint density at radius 2 is 2.08 bits per heavy atom. The summed E-state index contributed by atoms with van der Waals surface area (Å²) in [4.78, 5) is 23.1. The molecule has 5 rings (SSSR count). The molecule has 0 spiro atoms. The summed E-state index contributed by atoms with van der Waals surface area (Å²) < 4.78 is 8.45. The van der Waals surface area contributed by atoms with Crippen LogP contribution in [0, 0.1) is 0 Å². The minimum atomic E-state index is -0.721. The molecule has 2 aliphatic heterocycles. The largest absolute Gasteiger partial charge is 0.438 e. The number of cyclic esters (lactones) is 1. The molecule has 3 aromatic rings. The van der Waals surface area contributed by atoms with Crippen LogP contribution in [0.3, 0.4) is 0 Å². The highest BCUT2D eigenvalue weighted by Gasteiger charge is 2.44. The fraction of sp³-hybridized carbons (Fsp3) is 0.278. The van der Waals surface area contributed by atoms with Gasteiger partial charge < -0.3 is 4.74 Å².